The van der Waals surface area contributed by atoms with Crippen LogP contribution in [0.2, 0.25) is 0 Å². The van der Waals surface area contributed by atoms with Gasteiger partial charge in [0.1, 0.15) is 0 Å². The summed E-state index contributed by atoms with van der Waals surface area (Å²) in [5.41, 5.74) is 2.98. The van der Waals surface area contributed by atoms with E-state index in [1.165, 1.54) is 12.7 Å². The molecule has 0 aliphatic carbocycles. The molecular formula is C24H33IN4O2. The van der Waals surface area contributed by atoms with Gasteiger partial charge in [0.2, 0.25) is 0 Å². The van der Waals surface area contributed by atoms with Crippen LogP contribution in [-0.2, 0) is 17.8 Å². The van der Waals surface area contributed by atoms with Gasteiger partial charge in [-0.25, -0.2) is 9.79 Å². The molecule has 3 rings (SSSR count). The summed E-state index contributed by atoms with van der Waals surface area (Å²) in [6.07, 6.45) is 2.20. The normalized spacial score (nSPS) is 15.1. The van der Waals surface area contributed by atoms with Crippen molar-refractivity contribution >= 4 is 35.9 Å². The number of hydrogen-bond acceptors (Lipinski definition) is 4. The van der Waals surface area contributed by atoms with E-state index in [4.69, 9.17) is 9.73 Å². The molecule has 0 saturated carbocycles. The fraction of sp³-hybridized carbons (Fsp3) is 0.417. The van der Waals surface area contributed by atoms with E-state index in [1.54, 1.807) is 12.1 Å². The number of nitrogens with zero attached hydrogens (tertiary/aromatic N) is 2. The van der Waals surface area contributed by atoms with Gasteiger partial charge in [0.15, 0.2) is 5.96 Å². The Balaban J connectivity index is 0.00000341. The van der Waals surface area contributed by atoms with Gasteiger partial charge in [0, 0.05) is 32.2 Å². The highest BCUT2D eigenvalue weighted by Crippen LogP contribution is 2.14. The number of hydrogen-bond donors (Lipinski definition) is 2. The molecule has 0 radical (unpaired) electrons. The number of piperidine rings is 1. The van der Waals surface area contributed by atoms with Crippen LogP contribution in [0.3, 0.4) is 0 Å². The topological polar surface area (TPSA) is 66.0 Å². The molecular weight excluding hydrogens is 503 g/mol. The van der Waals surface area contributed by atoms with Crippen LogP contribution in [0.4, 0.5) is 0 Å². The lowest BCUT2D eigenvalue weighted by atomic mass is 10.0. The highest BCUT2D eigenvalue weighted by atomic mass is 127. The molecule has 1 aliphatic rings. The van der Waals surface area contributed by atoms with Crippen molar-refractivity contribution in [3.05, 3.63) is 71.3 Å². The summed E-state index contributed by atoms with van der Waals surface area (Å²) < 4.78 is 4.74. The SMILES string of the molecule is CCNC(=NCc1ccc(C(=O)OC)cc1)NC1CCN(Cc2ccccc2)CC1.I. The third-order valence-corrected chi connectivity index (χ3v) is 5.32. The molecule has 6 nitrogen and oxygen atoms in total. The first-order valence-electron chi connectivity index (χ1n) is 10.7. The molecule has 2 aromatic rings. The first kappa shape index (κ1) is 25.1. The number of methoxy groups -OCH3 is 1. The van der Waals surface area contributed by atoms with E-state index in [9.17, 15) is 4.79 Å². The predicted molar refractivity (Wildman–Crippen MR) is 136 cm³/mol. The molecule has 2 aromatic carbocycles. The zero-order chi connectivity index (χ0) is 21.2. The van der Waals surface area contributed by atoms with Crippen LogP contribution in [0.25, 0.3) is 0 Å². The summed E-state index contributed by atoms with van der Waals surface area (Å²) in [7, 11) is 1.39. The van der Waals surface area contributed by atoms with E-state index in [2.05, 4.69) is 52.8 Å². The molecule has 0 aromatic heterocycles. The lowest BCUT2D eigenvalue weighted by Gasteiger charge is -2.33. The van der Waals surface area contributed by atoms with Crippen LogP contribution in [-0.4, -0.2) is 49.6 Å². The Kier molecular flexibility index (Phi) is 10.8. The Morgan fingerprint density at radius 2 is 1.74 bits per heavy atom. The lowest BCUT2D eigenvalue weighted by Crippen LogP contribution is -2.48. The van der Waals surface area contributed by atoms with E-state index in [-0.39, 0.29) is 29.9 Å². The number of halogens is 1. The third-order valence-electron chi connectivity index (χ3n) is 5.32. The van der Waals surface area contributed by atoms with Gasteiger partial charge in [0.05, 0.1) is 19.2 Å². The summed E-state index contributed by atoms with van der Waals surface area (Å²) in [6, 6.07) is 18.5. The van der Waals surface area contributed by atoms with Gasteiger partial charge in [-0.1, -0.05) is 42.5 Å². The summed E-state index contributed by atoms with van der Waals surface area (Å²) in [5.74, 6) is 0.523. The summed E-state index contributed by atoms with van der Waals surface area (Å²) in [6.45, 7) is 6.64. The van der Waals surface area contributed by atoms with Crippen molar-refractivity contribution < 1.29 is 9.53 Å². The minimum Gasteiger partial charge on any atom is -0.465 e. The van der Waals surface area contributed by atoms with Gasteiger partial charge in [-0.05, 0) is 43.0 Å². The maximum absolute atomic E-state index is 11.5. The number of carbonyl (C=O) groups excluding carboxylic acids is 1. The van der Waals surface area contributed by atoms with Crippen molar-refractivity contribution in [1.82, 2.24) is 15.5 Å². The van der Waals surface area contributed by atoms with Crippen LogP contribution < -0.4 is 10.6 Å². The molecule has 168 valence electrons. The molecule has 0 spiro atoms. The minimum atomic E-state index is -0.321. The van der Waals surface area contributed by atoms with Crippen molar-refractivity contribution in [2.45, 2.75) is 38.9 Å². The molecule has 0 amide bonds. The van der Waals surface area contributed by atoms with Gasteiger partial charge in [-0.15, -0.1) is 24.0 Å². The molecule has 7 heteroatoms. The molecule has 1 saturated heterocycles. The van der Waals surface area contributed by atoms with Gasteiger partial charge in [0.25, 0.3) is 0 Å². The molecule has 2 N–H and O–H groups in total. The molecule has 31 heavy (non-hydrogen) atoms. The van der Waals surface area contributed by atoms with Crippen molar-refractivity contribution in [2.75, 3.05) is 26.7 Å². The predicted octanol–water partition coefficient (Wildman–Crippen LogP) is 3.81. The van der Waals surface area contributed by atoms with Crippen molar-refractivity contribution in [2.24, 2.45) is 4.99 Å². The Labute approximate surface area is 202 Å². The Morgan fingerprint density at radius 1 is 1.06 bits per heavy atom. The summed E-state index contributed by atoms with van der Waals surface area (Å²) >= 11 is 0. The number of likely N-dealkylation sites (tertiary alicyclic amines) is 1. The largest absolute Gasteiger partial charge is 0.465 e. The molecule has 1 aliphatic heterocycles. The third kappa shape index (κ3) is 8.14. The standard InChI is InChI=1S/C24H32N4O2.HI/c1-3-25-24(26-17-19-9-11-21(12-10-19)23(29)30-2)27-22-13-15-28(16-14-22)18-20-7-5-4-6-8-20;/h4-12,22H,3,13-18H2,1-2H3,(H2,25,26,27);1H. The highest BCUT2D eigenvalue weighted by molar-refractivity contribution is 14.0. The van der Waals surface area contributed by atoms with E-state index in [1.807, 2.05) is 12.1 Å². The second kappa shape index (κ2) is 13.3. The molecule has 0 bridgehead atoms. The quantitative estimate of drug-likeness (QED) is 0.244. The Bertz CT molecular complexity index is 819. The number of ether oxygens (including phenoxy) is 1. The zero-order valence-corrected chi connectivity index (χ0v) is 20.7. The van der Waals surface area contributed by atoms with Crippen molar-refractivity contribution in [1.29, 1.82) is 0 Å². The van der Waals surface area contributed by atoms with Gasteiger partial charge >= 0.3 is 5.97 Å². The van der Waals surface area contributed by atoms with Gasteiger partial charge < -0.3 is 15.4 Å². The number of benzene rings is 2. The van der Waals surface area contributed by atoms with Crippen LogP contribution >= 0.6 is 24.0 Å². The average Bonchev–Trinajstić information content (AvgIpc) is 2.79. The van der Waals surface area contributed by atoms with Crippen LogP contribution in [0.15, 0.2) is 59.6 Å². The zero-order valence-electron chi connectivity index (χ0n) is 18.3. The average molecular weight is 536 g/mol. The number of carbonyl (C=O) groups is 1. The van der Waals surface area contributed by atoms with E-state index < -0.39 is 0 Å². The van der Waals surface area contributed by atoms with E-state index >= 15 is 0 Å². The van der Waals surface area contributed by atoms with Crippen LogP contribution in [0.5, 0.6) is 0 Å². The number of aliphatic imine (C=N–C) groups is 1. The minimum absolute atomic E-state index is 0. The fourth-order valence-electron chi connectivity index (χ4n) is 3.62. The second-order valence-corrected chi connectivity index (χ2v) is 7.56. The number of nitrogens with one attached hydrogen (secondary N) is 2. The second-order valence-electron chi connectivity index (χ2n) is 7.56. The fourth-order valence-corrected chi connectivity index (χ4v) is 3.62. The summed E-state index contributed by atoms with van der Waals surface area (Å²) in [5, 5.41) is 6.93. The number of rotatable bonds is 7. The maximum atomic E-state index is 11.5. The van der Waals surface area contributed by atoms with Crippen LogP contribution in [0.1, 0.15) is 41.3 Å². The Morgan fingerprint density at radius 3 is 2.35 bits per heavy atom. The number of esters is 1. The molecule has 0 unspecified atom stereocenters. The van der Waals surface area contributed by atoms with Crippen LogP contribution in [0, 0.1) is 0 Å². The monoisotopic (exact) mass is 536 g/mol. The molecule has 0 atom stereocenters. The summed E-state index contributed by atoms with van der Waals surface area (Å²) in [4.78, 5) is 18.8. The molecule has 1 heterocycles. The van der Waals surface area contributed by atoms with Gasteiger partial charge in [-0.3, -0.25) is 4.90 Å². The van der Waals surface area contributed by atoms with Crippen molar-refractivity contribution in [3.8, 4) is 0 Å². The smallest absolute Gasteiger partial charge is 0.337 e. The van der Waals surface area contributed by atoms with Crippen molar-refractivity contribution in [3.63, 3.8) is 0 Å². The maximum Gasteiger partial charge on any atom is 0.337 e. The van der Waals surface area contributed by atoms with Gasteiger partial charge in [-0.2, -0.15) is 0 Å². The highest BCUT2D eigenvalue weighted by Gasteiger charge is 2.20. The Hall–Kier alpha value is -2.13. The first-order valence-corrected chi connectivity index (χ1v) is 10.7. The molecule has 1 fully saturated rings. The first-order chi connectivity index (χ1) is 14.7. The van der Waals surface area contributed by atoms with E-state index in [0.29, 0.717) is 18.2 Å². The number of guanidine groups is 1. The van der Waals surface area contributed by atoms with E-state index in [0.717, 1.165) is 50.5 Å². The lowest BCUT2D eigenvalue weighted by molar-refractivity contribution is 0.0600.